The number of carboxylic acids is 1. The highest BCUT2D eigenvalue weighted by atomic mass is 16.4. The van der Waals surface area contributed by atoms with E-state index in [1.807, 2.05) is 26.1 Å². The second kappa shape index (κ2) is 5.12. The summed E-state index contributed by atoms with van der Waals surface area (Å²) in [6, 6.07) is 1.91. The monoisotopic (exact) mass is 225 g/mol. The van der Waals surface area contributed by atoms with Crippen molar-refractivity contribution in [3.8, 4) is 0 Å². The van der Waals surface area contributed by atoms with Gasteiger partial charge in [-0.05, 0) is 26.3 Å². The third kappa shape index (κ3) is 3.06. The Morgan fingerprint density at radius 1 is 1.69 bits per heavy atom. The van der Waals surface area contributed by atoms with E-state index in [1.54, 1.807) is 17.8 Å². The highest BCUT2D eigenvalue weighted by Gasteiger charge is 2.32. The fraction of sp³-hybridized carbons (Fsp3) is 0.636. The molecule has 0 aliphatic rings. The Morgan fingerprint density at radius 2 is 2.38 bits per heavy atom. The smallest absolute Gasteiger partial charge is 0.323 e. The lowest BCUT2D eigenvalue weighted by molar-refractivity contribution is -0.144. The fourth-order valence-corrected chi connectivity index (χ4v) is 1.59. The van der Waals surface area contributed by atoms with Crippen LogP contribution in [0.2, 0.25) is 0 Å². The summed E-state index contributed by atoms with van der Waals surface area (Å²) >= 11 is 0. The quantitative estimate of drug-likeness (QED) is 0.761. The molecule has 2 N–H and O–H groups in total. The van der Waals surface area contributed by atoms with E-state index in [0.717, 1.165) is 0 Å². The molecule has 5 heteroatoms. The highest BCUT2D eigenvalue weighted by molar-refractivity contribution is 5.78. The SMILES string of the molecule is CCC(C)(NC(C)Cn1cccn1)C(=O)O. The lowest BCUT2D eigenvalue weighted by atomic mass is 9.98. The molecule has 0 amide bonds. The zero-order valence-electron chi connectivity index (χ0n) is 9.97. The van der Waals surface area contributed by atoms with Crippen LogP contribution < -0.4 is 5.32 Å². The number of rotatable bonds is 6. The van der Waals surface area contributed by atoms with Gasteiger partial charge in [-0.2, -0.15) is 5.10 Å². The lowest BCUT2D eigenvalue weighted by Crippen LogP contribution is -2.53. The first-order valence-corrected chi connectivity index (χ1v) is 5.46. The summed E-state index contributed by atoms with van der Waals surface area (Å²) in [5.41, 5.74) is -0.868. The Bertz CT molecular complexity index is 337. The van der Waals surface area contributed by atoms with E-state index in [-0.39, 0.29) is 6.04 Å². The first kappa shape index (κ1) is 12.7. The molecule has 16 heavy (non-hydrogen) atoms. The second-order valence-corrected chi connectivity index (χ2v) is 4.26. The maximum absolute atomic E-state index is 11.1. The maximum Gasteiger partial charge on any atom is 0.323 e. The molecule has 0 aliphatic carbocycles. The topological polar surface area (TPSA) is 67.2 Å². The van der Waals surface area contributed by atoms with E-state index in [2.05, 4.69) is 10.4 Å². The number of nitrogens with zero attached hydrogens (tertiary/aromatic N) is 2. The van der Waals surface area contributed by atoms with Crippen LogP contribution in [0.4, 0.5) is 0 Å². The van der Waals surface area contributed by atoms with E-state index in [1.165, 1.54) is 0 Å². The number of hydrogen-bond donors (Lipinski definition) is 2. The van der Waals surface area contributed by atoms with Crippen LogP contribution >= 0.6 is 0 Å². The molecule has 1 aromatic rings. The number of carbonyl (C=O) groups is 1. The minimum Gasteiger partial charge on any atom is -0.480 e. The molecule has 1 heterocycles. The van der Waals surface area contributed by atoms with Crippen LogP contribution in [0.25, 0.3) is 0 Å². The molecular weight excluding hydrogens is 206 g/mol. The van der Waals surface area contributed by atoms with Crippen LogP contribution in [-0.4, -0.2) is 32.4 Å². The Morgan fingerprint density at radius 3 is 2.81 bits per heavy atom. The van der Waals surface area contributed by atoms with Crippen LogP contribution in [0.5, 0.6) is 0 Å². The lowest BCUT2D eigenvalue weighted by Gasteiger charge is -2.28. The Balaban J connectivity index is 2.56. The standard InChI is InChI=1S/C11H19N3O2/c1-4-11(3,10(15)16)13-9(2)8-14-7-5-6-12-14/h5-7,9,13H,4,8H2,1-3H3,(H,15,16). The summed E-state index contributed by atoms with van der Waals surface area (Å²) in [6.07, 6.45) is 4.12. The maximum atomic E-state index is 11.1. The van der Waals surface area contributed by atoms with Crippen molar-refractivity contribution in [1.82, 2.24) is 15.1 Å². The third-order valence-electron chi connectivity index (χ3n) is 2.76. The number of hydrogen-bond acceptors (Lipinski definition) is 3. The van der Waals surface area contributed by atoms with Crippen molar-refractivity contribution in [2.75, 3.05) is 0 Å². The van der Waals surface area contributed by atoms with Crippen LogP contribution in [0.1, 0.15) is 27.2 Å². The molecule has 2 unspecified atom stereocenters. The van der Waals surface area contributed by atoms with Crippen LogP contribution in [0.15, 0.2) is 18.5 Å². The highest BCUT2D eigenvalue weighted by Crippen LogP contribution is 2.10. The first-order valence-electron chi connectivity index (χ1n) is 5.46. The predicted octanol–water partition coefficient (Wildman–Crippen LogP) is 1.11. The summed E-state index contributed by atoms with van der Waals surface area (Å²) in [7, 11) is 0. The fourth-order valence-electron chi connectivity index (χ4n) is 1.59. The number of carboxylic acid groups (broad SMARTS) is 1. The van der Waals surface area contributed by atoms with Gasteiger partial charge in [0.15, 0.2) is 0 Å². The molecule has 0 saturated heterocycles. The van der Waals surface area contributed by atoms with Gasteiger partial charge in [-0.1, -0.05) is 6.92 Å². The van der Waals surface area contributed by atoms with Crippen molar-refractivity contribution in [2.45, 2.75) is 45.3 Å². The minimum absolute atomic E-state index is 0.0564. The van der Waals surface area contributed by atoms with Crippen LogP contribution in [0, 0.1) is 0 Å². The predicted molar refractivity (Wildman–Crippen MR) is 61.2 cm³/mol. The molecule has 1 aromatic heterocycles. The molecule has 0 spiro atoms. The van der Waals surface area contributed by atoms with Crippen molar-refractivity contribution in [3.05, 3.63) is 18.5 Å². The van der Waals surface area contributed by atoms with Gasteiger partial charge in [-0.3, -0.25) is 14.8 Å². The molecule has 0 fully saturated rings. The average Bonchev–Trinajstić information content (AvgIpc) is 2.69. The van der Waals surface area contributed by atoms with Gasteiger partial charge in [-0.25, -0.2) is 0 Å². The van der Waals surface area contributed by atoms with E-state index in [0.29, 0.717) is 13.0 Å². The molecule has 0 saturated carbocycles. The van der Waals surface area contributed by atoms with Crippen molar-refractivity contribution >= 4 is 5.97 Å². The van der Waals surface area contributed by atoms with Gasteiger partial charge in [0.25, 0.3) is 0 Å². The van der Waals surface area contributed by atoms with Gasteiger partial charge in [0, 0.05) is 18.4 Å². The Hall–Kier alpha value is -1.36. The average molecular weight is 225 g/mol. The molecule has 0 radical (unpaired) electrons. The largest absolute Gasteiger partial charge is 0.480 e. The normalized spacial score (nSPS) is 16.7. The second-order valence-electron chi connectivity index (χ2n) is 4.26. The molecule has 2 atom stereocenters. The van der Waals surface area contributed by atoms with E-state index in [4.69, 9.17) is 5.11 Å². The van der Waals surface area contributed by atoms with Gasteiger partial charge >= 0.3 is 5.97 Å². The zero-order valence-corrected chi connectivity index (χ0v) is 9.97. The summed E-state index contributed by atoms with van der Waals surface area (Å²) in [5, 5.41) is 16.3. The number of nitrogens with one attached hydrogen (secondary N) is 1. The first-order chi connectivity index (χ1) is 7.48. The summed E-state index contributed by atoms with van der Waals surface area (Å²) in [4.78, 5) is 11.1. The Kier molecular flexibility index (Phi) is 4.06. The van der Waals surface area contributed by atoms with E-state index < -0.39 is 11.5 Å². The van der Waals surface area contributed by atoms with Crippen LogP contribution in [0.3, 0.4) is 0 Å². The molecule has 0 bridgehead atoms. The summed E-state index contributed by atoms with van der Waals surface area (Å²) in [6.45, 7) is 6.19. The third-order valence-corrected chi connectivity index (χ3v) is 2.76. The summed E-state index contributed by atoms with van der Waals surface area (Å²) in [5.74, 6) is -0.817. The van der Waals surface area contributed by atoms with Gasteiger partial charge in [0.1, 0.15) is 5.54 Å². The van der Waals surface area contributed by atoms with Gasteiger partial charge in [0.2, 0.25) is 0 Å². The van der Waals surface area contributed by atoms with Gasteiger partial charge in [0.05, 0.1) is 6.54 Å². The molecule has 90 valence electrons. The summed E-state index contributed by atoms with van der Waals surface area (Å²) < 4.78 is 1.79. The minimum atomic E-state index is -0.868. The van der Waals surface area contributed by atoms with E-state index in [9.17, 15) is 4.79 Å². The van der Waals surface area contributed by atoms with Crippen molar-refractivity contribution in [2.24, 2.45) is 0 Å². The van der Waals surface area contributed by atoms with Gasteiger partial charge < -0.3 is 5.11 Å². The molecule has 0 aromatic carbocycles. The van der Waals surface area contributed by atoms with Crippen LogP contribution in [-0.2, 0) is 11.3 Å². The molecular formula is C11H19N3O2. The Labute approximate surface area is 95.5 Å². The van der Waals surface area contributed by atoms with Crippen molar-refractivity contribution in [1.29, 1.82) is 0 Å². The zero-order chi connectivity index (χ0) is 12.2. The molecule has 0 aliphatic heterocycles. The molecule has 5 nitrogen and oxygen atoms in total. The van der Waals surface area contributed by atoms with Crippen molar-refractivity contribution in [3.63, 3.8) is 0 Å². The number of aromatic nitrogens is 2. The van der Waals surface area contributed by atoms with Gasteiger partial charge in [-0.15, -0.1) is 0 Å². The molecule has 1 rings (SSSR count). The van der Waals surface area contributed by atoms with Crippen molar-refractivity contribution < 1.29 is 9.90 Å². The number of aliphatic carboxylic acids is 1. The van der Waals surface area contributed by atoms with E-state index >= 15 is 0 Å².